The lowest BCUT2D eigenvalue weighted by atomic mass is 9.82. The van der Waals surface area contributed by atoms with Crippen LogP contribution in [0, 0.1) is 5.92 Å². The van der Waals surface area contributed by atoms with E-state index >= 15 is 0 Å². The Hall–Kier alpha value is -1.97. The molecule has 0 bridgehead atoms. The number of carbonyl (C=O) groups excluding carboxylic acids is 3. The number of hydrogen-bond donors (Lipinski definition) is 0. The maximum absolute atomic E-state index is 12.1. The molecule has 0 aliphatic heterocycles. The Balaban J connectivity index is 2.07. The average molecular weight is 260 g/mol. The van der Waals surface area contributed by atoms with E-state index in [9.17, 15) is 14.4 Å². The molecule has 0 N–H and O–H groups in total. The monoisotopic (exact) mass is 260 g/mol. The molecule has 0 amide bonds. The van der Waals surface area contributed by atoms with Gasteiger partial charge in [0.1, 0.15) is 17.3 Å². The number of methoxy groups -OCH3 is 1. The Bertz CT molecular complexity index is 485. The van der Waals surface area contributed by atoms with Crippen molar-refractivity contribution in [2.75, 3.05) is 7.11 Å². The molecule has 19 heavy (non-hydrogen) atoms. The number of ketones is 3. The lowest BCUT2D eigenvalue weighted by molar-refractivity contribution is -0.135. The van der Waals surface area contributed by atoms with E-state index in [1.165, 1.54) is 0 Å². The topological polar surface area (TPSA) is 60.4 Å². The third-order valence-electron chi connectivity index (χ3n) is 3.43. The van der Waals surface area contributed by atoms with E-state index in [1.54, 1.807) is 31.4 Å². The zero-order chi connectivity index (χ0) is 13.8. The second-order valence-electron chi connectivity index (χ2n) is 4.69. The number of Topliss-reactive ketones (excluding diaryl/α,β-unsaturated/α-hetero) is 3. The van der Waals surface area contributed by atoms with Crippen molar-refractivity contribution in [1.29, 1.82) is 0 Å². The number of hydrogen-bond acceptors (Lipinski definition) is 4. The van der Waals surface area contributed by atoms with Crippen molar-refractivity contribution in [2.45, 2.75) is 25.7 Å². The Morgan fingerprint density at radius 2 is 1.74 bits per heavy atom. The molecule has 1 saturated carbocycles. The van der Waals surface area contributed by atoms with Crippen LogP contribution in [0.2, 0.25) is 0 Å². The quantitative estimate of drug-likeness (QED) is 0.615. The zero-order valence-electron chi connectivity index (χ0n) is 10.8. The van der Waals surface area contributed by atoms with Crippen LogP contribution in [-0.4, -0.2) is 24.5 Å². The molecule has 1 fully saturated rings. The Labute approximate surface area is 111 Å². The van der Waals surface area contributed by atoms with Gasteiger partial charge >= 0.3 is 0 Å². The number of rotatable bonds is 4. The van der Waals surface area contributed by atoms with Crippen LogP contribution in [0.1, 0.15) is 36.0 Å². The molecule has 4 nitrogen and oxygen atoms in total. The molecule has 0 heterocycles. The number of carbonyl (C=O) groups is 3. The van der Waals surface area contributed by atoms with Crippen LogP contribution < -0.4 is 4.74 Å². The van der Waals surface area contributed by atoms with Gasteiger partial charge in [-0.05, 0) is 30.7 Å². The summed E-state index contributed by atoms with van der Waals surface area (Å²) < 4.78 is 5.01. The summed E-state index contributed by atoms with van der Waals surface area (Å²) in [4.78, 5) is 35.4. The van der Waals surface area contributed by atoms with E-state index in [2.05, 4.69) is 0 Å². The maximum Gasteiger partial charge on any atom is 0.164 e. The lowest BCUT2D eigenvalue weighted by Gasteiger charge is -2.18. The number of benzene rings is 1. The minimum absolute atomic E-state index is 0.00993. The zero-order valence-corrected chi connectivity index (χ0v) is 10.8. The highest BCUT2D eigenvalue weighted by molar-refractivity contribution is 6.09. The van der Waals surface area contributed by atoms with Gasteiger partial charge in [0.2, 0.25) is 0 Å². The normalized spacial score (nSPS) is 16.5. The fourth-order valence-corrected chi connectivity index (χ4v) is 2.27. The van der Waals surface area contributed by atoms with Crippen molar-refractivity contribution < 1.29 is 19.1 Å². The summed E-state index contributed by atoms with van der Waals surface area (Å²) in [5, 5.41) is 0. The molecule has 0 saturated heterocycles. The van der Waals surface area contributed by atoms with Crippen molar-refractivity contribution in [3.63, 3.8) is 0 Å². The van der Waals surface area contributed by atoms with Gasteiger partial charge in [-0.3, -0.25) is 14.4 Å². The van der Waals surface area contributed by atoms with E-state index in [0.717, 1.165) is 0 Å². The summed E-state index contributed by atoms with van der Waals surface area (Å²) in [5.74, 6) is -0.433. The second-order valence-corrected chi connectivity index (χ2v) is 4.69. The van der Waals surface area contributed by atoms with Crippen molar-refractivity contribution in [3.05, 3.63) is 29.8 Å². The summed E-state index contributed by atoms with van der Waals surface area (Å²) in [7, 11) is 1.55. The van der Waals surface area contributed by atoms with Crippen LogP contribution in [0.3, 0.4) is 0 Å². The van der Waals surface area contributed by atoms with E-state index in [0.29, 0.717) is 30.6 Å². The summed E-state index contributed by atoms with van der Waals surface area (Å²) in [6, 6.07) is 6.69. The second kappa shape index (κ2) is 5.78. The molecular weight excluding hydrogens is 244 g/mol. The molecule has 100 valence electrons. The minimum atomic E-state index is -0.733. The van der Waals surface area contributed by atoms with E-state index < -0.39 is 5.92 Å². The summed E-state index contributed by atoms with van der Waals surface area (Å²) in [5.41, 5.74) is 0.506. The third kappa shape index (κ3) is 3.08. The van der Waals surface area contributed by atoms with Gasteiger partial charge in [0, 0.05) is 24.8 Å². The highest BCUT2D eigenvalue weighted by Crippen LogP contribution is 2.22. The molecule has 2 rings (SSSR count). The highest BCUT2D eigenvalue weighted by atomic mass is 16.5. The maximum atomic E-state index is 12.1. The minimum Gasteiger partial charge on any atom is -0.497 e. The molecule has 0 unspecified atom stereocenters. The molecule has 4 heteroatoms. The van der Waals surface area contributed by atoms with Gasteiger partial charge in [-0.2, -0.15) is 0 Å². The van der Waals surface area contributed by atoms with Gasteiger partial charge in [-0.15, -0.1) is 0 Å². The SMILES string of the molecule is COc1ccc(C(=O)CC2C(=O)CCCC2=O)cc1. The van der Waals surface area contributed by atoms with Crippen molar-refractivity contribution in [3.8, 4) is 5.75 Å². The van der Waals surface area contributed by atoms with E-state index in [-0.39, 0.29) is 23.8 Å². The van der Waals surface area contributed by atoms with E-state index in [4.69, 9.17) is 4.74 Å². The van der Waals surface area contributed by atoms with Crippen LogP contribution >= 0.6 is 0 Å². The summed E-state index contributed by atoms with van der Waals surface area (Å²) in [6.45, 7) is 0. The van der Waals surface area contributed by atoms with Crippen molar-refractivity contribution in [1.82, 2.24) is 0 Å². The first kappa shape index (κ1) is 13.5. The molecule has 0 atom stereocenters. The summed E-state index contributed by atoms with van der Waals surface area (Å²) >= 11 is 0. The molecule has 1 aromatic rings. The predicted octanol–water partition coefficient (Wildman–Crippen LogP) is 2.21. The van der Waals surface area contributed by atoms with Gasteiger partial charge in [0.15, 0.2) is 5.78 Å². The Morgan fingerprint density at radius 3 is 2.26 bits per heavy atom. The first-order valence-electron chi connectivity index (χ1n) is 6.34. The standard InChI is InChI=1S/C15H16O4/c1-19-11-7-5-10(6-8-11)15(18)9-12-13(16)3-2-4-14(12)17/h5-8,12H,2-4,9H2,1H3. The van der Waals surface area contributed by atoms with Gasteiger partial charge in [-0.25, -0.2) is 0 Å². The van der Waals surface area contributed by atoms with Crippen LogP contribution in [0.5, 0.6) is 5.75 Å². The van der Waals surface area contributed by atoms with Gasteiger partial charge < -0.3 is 4.74 Å². The molecular formula is C15H16O4. The molecule has 0 radical (unpaired) electrons. The molecule has 1 aromatic carbocycles. The summed E-state index contributed by atoms with van der Waals surface area (Å²) in [6.07, 6.45) is 1.42. The van der Waals surface area contributed by atoms with Gasteiger partial charge in [-0.1, -0.05) is 0 Å². The fraction of sp³-hybridized carbons (Fsp3) is 0.400. The van der Waals surface area contributed by atoms with Crippen LogP contribution in [0.15, 0.2) is 24.3 Å². The fourth-order valence-electron chi connectivity index (χ4n) is 2.27. The average Bonchev–Trinajstić information content (AvgIpc) is 2.43. The van der Waals surface area contributed by atoms with E-state index in [1.807, 2.05) is 0 Å². The molecule has 1 aliphatic rings. The van der Waals surface area contributed by atoms with Gasteiger partial charge in [0.05, 0.1) is 13.0 Å². The largest absolute Gasteiger partial charge is 0.497 e. The number of ether oxygens (including phenoxy) is 1. The third-order valence-corrected chi connectivity index (χ3v) is 3.43. The highest BCUT2D eigenvalue weighted by Gasteiger charge is 2.31. The Morgan fingerprint density at radius 1 is 1.16 bits per heavy atom. The first-order chi connectivity index (χ1) is 9.11. The molecule has 0 spiro atoms. The Kier molecular flexibility index (Phi) is 4.10. The van der Waals surface area contributed by atoms with Gasteiger partial charge in [0.25, 0.3) is 0 Å². The first-order valence-corrected chi connectivity index (χ1v) is 6.34. The van der Waals surface area contributed by atoms with Crippen molar-refractivity contribution in [2.24, 2.45) is 5.92 Å². The van der Waals surface area contributed by atoms with Crippen LogP contribution in [0.4, 0.5) is 0 Å². The lowest BCUT2D eigenvalue weighted by Crippen LogP contribution is -2.30. The molecule has 0 aromatic heterocycles. The molecule has 1 aliphatic carbocycles. The van der Waals surface area contributed by atoms with Crippen molar-refractivity contribution >= 4 is 17.3 Å². The predicted molar refractivity (Wildman–Crippen MR) is 69.3 cm³/mol. The van der Waals surface area contributed by atoms with Crippen LogP contribution in [-0.2, 0) is 9.59 Å². The van der Waals surface area contributed by atoms with Crippen LogP contribution in [0.25, 0.3) is 0 Å². The smallest absolute Gasteiger partial charge is 0.164 e.